The van der Waals surface area contributed by atoms with Crippen molar-refractivity contribution in [1.82, 2.24) is 10.6 Å². The Morgan fingerprint density at radius 1 is 1.33 bits per heavy atom. The number of piperidine rings is 1. The summed E-state index contributed by atoms with van der Waals surface area (Å²) in [5.74, 6) is 0.850. The summed E-state index contributed by atoms with van der Waals surface area (Å²) < 4.78 is 0. The van der Waals surface area contributed by atoms with Crippen LogP contribution >= 0.6 is 0 Å². The summed E-state index contributed by atoms with van der Waals surface area (Å²) in [6, 6.07) is 0.394. The number of fused-ring (bicyclic) bond motifs is 1. The molecule has 1 heterocycles. The van der Waals surface area contributed by atoms with Crippen LogP contribution in [0.5, 0.6) is 0 Å². The molecule has 3 N–H and O–H groups in total. The third-order valence-electron chi connectivity index (χ3n) is 4.53. The first-order chi connectivity index (χ1) is 8.74. The minimum absolute atomic E-state index is 0.0288. The van der Waals surface area contributed by atoms with E-state index in [2.05, 4.69) is 10.6 Å². The second-order valence-corrected chi connectivity index (χ2v) is 5.74. The summed E-state index contributed by atoms with van der Waals surface area (Å²) in [6.45, 7) is 2.01. The van der Waals surface area contributed by atoms with E-state index >= 15 is 0 Å². The number of hydrogen-bond acceptors (Lipinski definition) is 3. The van der Waals surface area contributed by atoms with Crippen molar-refractivity contribution in [2.45, 2.75) is 70.0 Å². The van der Waals surface area contributed by atoms with E-state index in [4.69, 9.17) is 5.11 Å². The van der Waals surface area contributed by atoms with Crippen molar-refractivity contribution >= 4 is 5.91 Å². The lowest BCUT2D eigenvalue weighted by atomic mass is 9.77. The fraction of sp³-hybridized carbons (Fsp3) is 0.929. The van der Waals surface area contributed by atoms with Gasteiger partial charge in [0.15, 0.2) is 0 Å². The van der Waals surface area contributed by atoms with E-state index in [1.807, 2.05) is 6.92 Å². The molecule has 1 aliphatic carbocycles. The Bertz CT molecular complexity index is 279. The van der Waals surface area contributed by atoms with Crippen molar-refractivity contribution in [2.24, 2.45) is 5.92 Å². The van der Waals surface area contributed by atoms with Crippen molar-refractivity contribution in [3.8, 4) is 0 Å². The summed E-state index contributed by atoms with van der Waals surface area (Å²) in [5, 5.41) is 15.6. The van der Waals surface area contributed by atoms with E-state index in [1.54, 1.807) is 0 Å². The molecule has 1 saturated heterocycles. The monoisotopic (exact) mass is 254 g/mol. The Morgan fingerprint density at radius 3 is 2.83 bits per heavy atom. The lowest BCUT2D eigenvalue weighted by Crippen LogP contribution is -2.56. The summed E-state index contributed by atoms with van der Waals surface area (Å²) in [6.07, 6.45) is 8.06. The van der Waals surface area contributed by atoms with Gasteiger partial charge in [-0.15, -0.1) is 0 Å². The zero-order valence-corrected chi connectivity index (χ0v) is 11.3. The van der Waals surface area contributed by atoms with Crippen molar-refractivity contribution in [2.75, 3.05) is 6.61 Å². The normalized spacial score (nSPS) is 33.6. The molecule has 0 spiro atoms. The lowest BCUT2D eigenvalue weighted by Gasteiger charge is -2.40. The topological polar surface area (TPSA) is 61.4 Å². The fourth-order valence-corrected chi connectivity index (χ4v) is 3.28. The summed E-state index contributed by atoms with van der Waals surface area (Å²) >= 11 is 0. The molecule has 2 aliphatic rings. The molecule has 1 saturated carbocycles. The van der Waals surface area contributed by atoms with Gasteiger partial charge in [0.2, 0.25) is 5.91 Å². The molecule has 0 aromatic heterocycles. The highest BCUT2D eigenvalue weighted by Crippen LogP contribution is 2.32. The maximum Gasteiger partial charge on any atom is 0.237 e. The van der Waals surface area contributed by atoms with E-state index in [0.717, 1.165) is 18.8 Å². The molecular formula is C14H26N2O2. The van der Waals surface area contributed by atoms with E-state index in [0.29, 0.717) is 6.04 Å². The standard InChI is InChI=1S/C14H26N2O2/c1-2-11(9-17)15-14(18)13-8-7-10-5-3-4-6-12(10)16-13/h10-13,16-17H,2-9H2,1H3,(H,15,18)/t10?,11-,12?,13?/m1/s1. The van der Waals surface area contributed by atoms with Crippen LogP contribution in [-0.4, -0.2) is 35.7 Å². The highest BCUT2D eigenvalue weighted by atomic mass is 16.3. The highest BCUT2D eigenvalue weighted by molar-refractivity contribution is 5.82. The maximum atomic E-state index is 12.1. The van der Waals surface area contributed by atoms with Crippen LogP contribution < -0.4 is 10.6 Å². The van der Waals surface area contributed by atoms with Gasteiger partial charge in [-0.2, -0.15) is 0 Å². The molecule has 2 fully saturated rings. The van der Waals surface area contributed by atoms with Gasteiger partial charge in [-0.25, -0.2) is 0 Å². The number of aliphatic hydroxyl groups is 1. The quantitative estimate of drug-likeness (QED) is 0.706. The number of amides is 1. The largest absolute Gasteiger partial charge is 0.394 e. The zero-order chi connectivity index (χ0) is 13.0. The van der Waals surface area contributed by atoms with Crippen LogP contribution in [0, 0.1) is 5.92 Å². The predicted octanol–water partition coefficient (Wildman–Crippen LogP) is 1.18. The third kappa shape index (κ3) is 3.23. The van der Waals surface area contributed by atoms with Gasteiger partial charge in [-0.05, 0) is 38.0 Å². The molecule has 1 aliphatic heterocycles. The highest BCUT2D eigenvalue weighted by Gasteiger charge is 2.34. The minimum Gasteiger partial charge on any atom is -0.394 e. The molecule has 2 rings (SSSR count). The molecular weight excluding hydrogens is 228 g/mol. The fourth-order valence-electron chi connectivity index (χ4n) is 3.28. The van der Waals surface area contributed by atoms with Crippen molar-refractivity contribution in [3.63, 3.8) is 0 Å². The summed E-state index contributed by atoms with van der Waals surface area (Å²) in [5.41, 5.74) is 0. The van der Waals surface area contributed by atoms with Crippen LogP contribution in [0.4, 0.5) is 0 Å². The van der Waals surface area contributed by atoms with Crippen molar-refractivity contribution in [1.29, 1.82) is 0 Å². The number of hydrogen-bond donors (Lipinski definition) is 3. The Labute approximate surface area is 110 Å². The second kappa shape index (κ2) is 6.53. The Hall–Kier alpha value is -0.610. The van der Waals surface area contributed by atoms with Gasteiger partial charge in [-0.1, -0.05) is 19.8 Å². The van der Waals surface area contributed by atoms with Crippen LogP contribution in [0.25, 0.3) is 0 Å². The number of carbonyl (C=O) groups is 1. The van der Waals surface area contributed by atoms with Crippen LogP contribution in [0.2, 0.25) is 0 Å². The van der Waals surface area contributed by atoms with Gasteiger partial charge in [0.25, 0.3) is 0 Å². The van der Waals surface area contributed by atoms with Gasteiger partial charge < -0.3 is 15.7 Å². The van der Waals surface area contributed by atoms with Gasteiger partial charge >= 0.3 is 0 Å². The van der Waals surface area contributed by atoms with E-state index in [9.17, 15) is 4.79 Å². The second-order valence-electron chi connectivity index (χ2n) is 5.74. The van der Waals surface area contributed by atoms with E-state index in [-0.39, 0.29) is 24.6 Å². The number of nitrogens with one attached hydrogen (secondary N) is 2. The molecule has 4 atom stereocenters. The first-order valence-corrected chi connectivity index (χ1v) is 7.41. The number of carbonyl (C=O) groups excluding carboxylic acids is 1. The summed E-state index contributed by atoms with van der Waals surface area (Å²) in [4.78, 5) is 12.1. The first kappa shape index (κ1) is 13.8. The minimum atomic E-state index is -0.0941. The molecule has 4 heteroatoms. The van der Waals surface area contributed by atoms with E-state index < -0.39 is 0 Å². The molecule has 1 amide bonds. The zero-order valence-electron chi connectivity index (χ0n) is 11.3. The van der Waals surface area contributed by atoms with Crippen molar-refractivity contribution in [3.05, 3.63) is 0 Å². The Morgan fingerprint density at radius 2 is 2.11 bits per heavy atom. The van der Waals surface area contributed by atoms with Crippen LogP contribution in [0.3, 0.4) is 0 Å². The van der Waals surface area contributed by atoms with Crippen LogP contribution in [-0.2, 0) is 4.79 Å². The predicted molar refractivity (Wildman–Crippen MR) is 71.2 cm³/mol. The Kier molecular flexibility index (Phi) is 5.01. The average molecular weight is 254 g/mol. The molecule has 18 heavy (non-hydrogen) atoms. The summed E-state index contributed by atoms with van der Waals surface area (Å²) in [7, 11) is 0. The Balaban J connectivity index is 1.84. The molecule has 3 unspecified atom stereocenters. The van der Waals surface area contributed by atoms with Crippen LogP contribution in [0.15, 0.2) is 0 Å². The molecule has 104 valence electrons. The number of rotatable bonds is 4. The van der Waals surface area contributed by atoms with Gasteiger partial charge in [0.05, 0.1) is 18.7 Å². The van der Waals surface area contributed by atoms with E-state index in [1.165, 1.54) is 32.1 Å². The molecule has 0 aromatic carbocycles. The van der Waals surface area contributed by atoms with Gasteiger partial charge in [-0.3, -0.25) is 4.79 Å². The lowest BCUT2D eigenvalue weighted by molar-refractivity contribution is -0.125. The molecule has 4 nitrogen and oxygen atoms in total. The maximum absolute atomic E-state index is 12.1. The van der Waals surface area contributed by atoms with Gasteiger partial charge in [0.1, 0.15) is 0 Å². The smallest absolute Gasteiger partial charge is 0.237 e. The SMILES string of the molecule is CC[C@H](CO)NC(=O)C1CCC2CCCCC2N1. The van der Waals surface area contributed by atoms with Gasteiger partial charge in [0, 0.05) is 6.04 Å². The average Bonchev–Trinajstić information content (AvgIpc) is 2.44. The first-order valence-electron chi connectivity index (χ1n) is 7.41. The number of aliphatic hydroxyl groups excluding tert-OH is 1. The van der Waals surface area contributed by atoms with Crippen LogP contribution in [0.1, 0.15) is 51.9 Å². The molecule has 0 aromatic rings. The van der Waals surface area contributed by atoms with Crippen molar-refractivity contribution < 1.29 is 9.90 Å². The molecule has 0 bridgehead atoms. The third-order valence-corrected chi connectivity index (χ3v) is 4.53. The molecule has 0 radical (unpaired) electrons.